The molecule has 0 bridgehead atoms. The second-order valence-electron chi connectivity index (χ2n) is 4.81. The minimum atomic E-state index is -0.570. The summed E-state index contributed by atoms with van der Waals surface area (Å²) in [5, 5.41) is 2.99. The van der Waals surface area contributed by atoms with E-state index in [1.54, 1.807) is 25.1 Å². The Hall–Kier alpha value is -2.74. The first kappa shape index (κ1) is 17.6. The number of hydrogen-bond donors (Lipinski definition) is 2. The summed E-state index contributed by atoms with van der Waals surface area (Å²) in [5.41, 5.74) is 6.99. The molecule has 0 atom stereocenters. The van der Waals surface area contributed by atoms with Crippen LogP contribution in [0.15, 0.2) is 18.2 Å². The summed E-state index contributed by atoms with van der Waals surface area (Å²) < 4.78 is 15.1. The van der Waals surface area contributed by atoms with Crippen LogP contribution in [0, 0.1) is 6.92 Å². The maximum absolute atomic E-state index is 12.6. The number of ether oxygens (including phenoxy) is 3. The van der Waals surface area contributed by atoms with Crippen molar-refractivity contribution in [2.24, 2.45) is 0 Å². The first-order valence-electron chi connectivity index (χ1n) is 6.93. The molecular weight excluding hydrogens is 332 g/mol. The Bertz CT molecular complexity index is 785. The summed E-state index contributed by atoms with van der Waals surface area (Å²) in [6, 6.07) is 5.05. The van der Waals surface area contributed by atoms with Gasteiger partial charge >= 0.3 is 5.97 Å². The second-order valence-corrected chi connectivity index (χ2v) is 5.86. The van der Waals surface area contributed by atoms with E-state index in [4.69, 9.17) is 19.9 Å². The van der Waals surface area contributed by atoms with Crippen LogP contribution in [-0.4, -0.2) is 33.2 Å². The second kappa shape index (κ2) is 7.22. The lowest BCUT2D eigenvalue weighted by molar-refractivity contribution is 0.0601. The fourth-order valence-corrected chi connectivity index (χ4v) is 3.16. The van der Waals surface area contributed by atoms with Gasteiger partial charge in [0.2, 0.25) is 0 Å². The molecule has 3 N–H and O–H groups in total. The minimum absolute atomic E-state index is 0.213. The molecular formula is C16H18N2O5S. The van der Waals surface area contributed by atoms with Gasteiger partial charge in [0, 0.05) is 6.07 Å². The highest BCUT2D eigenvalue weighted by molar-refractivity contribution is 7.18. The fourth-order valence-electron chi connectivity index (χ4n) is 2.20. The van der Waals surface area contributed by atoms with Crippen LogP contribution < -0.4 is 20.5 Å². The number of amides is 1. The van der Waals surface area contributed by atoms with Crippen LogP contribution in [0.4, 0.5) is 10.7 Å². The van der Waals surface area contributed by atoms with Gasteiger partial charge in [-0.1, -0.05) is 0 Å². The van der Waals surface area contributed by atoms with Crippen LogP contribution in [0.1, 0.15) is 25.6 Å². The minimum Gasteiger partial charge on any atom is -0.497 e. The SMILES string of the molecule is COC(=O)c1c(N)sc(C(=O)Nc2cc(OC)ccc2OC)c1C. The van der Waals surface area contributed by atoms with E-state index in [9.17, 15) is 9.59 Å². The van der Waals surface area contributed by atoms with Gasteiger partial charge in [-0.3, -0.25) is 4.79 Å². The number of hydrogen-bond acceptors (Lipinski definition) is 7. The Morgan fingerprint density at radius 1 is 1.17 bits per heavy atom. The number of anilines is 2. The van der Waals surface area contributed by atoms with Gasteiger partial charge in [-0.2, -0.15) is 0 Å². The van der Waals surface area contributed by atoms with Crippen molar-refractivity contribution in [1.29, 1.82) is 0 Å². The third-order valence-electron chi connectivity index (χ3n) is 3.42. The Labute approximate surface area is 143 Å². The largest absolute Gasteiger partial charge is 0.497 e. The summed E-state index contributed by atoms with van der Waals surface area (Å²) >= 11 is 1.03. The number of esters is 1. The van der Waals surface area contributed by atoms with Gasteiger partial charge < -0.3 is 25.3 Å². The number of carbonyl (C=O) groups is 2. The van der Waals surface area contributed by atoms with E-state index in [0.29, 0.717) is 27.6 Å². The Morgan fingerprint density at radius 2 is 1.88 bits per heavy atom. The van der Waals surface area contributed by atoms with Crippen molar-refractivity contribution in [2.75, 3.05) is 32.4 Å². The molecule has 0 aliphatic heterocycles. The zero-order chi connectivity index (χ0) is 17.9. The highest BCUT2D eigenvalue weighted by Gasteiger charge is 2.24. The number of nitrogens with one attached hydrogen (secondary N) is 1. The normalized spacial score (nSPS) is 10.2. The molecule has 1 amide bonds. The van der Waals surface area contributed by atoms with E-state index in [-0.39, 0.29) is 10.6 Å². The quantitative estimate of drug-likeness (QED) is 0.804. The molecule has 1 aromatic heterocycles. The molecule has 0 spiro atoms. The van der Waals surface area contributed by atoms with Crippen molar-refractivity contribution in [3.8, 4) is 11.5 Å². The van der Waals surface area contributed by atoms with Gasteiger partial charge in [-0.25, -0.2) is 4.79 Å². The lowest BCUT2D eigenvalue weighted by atomic mass is 10.1. The molecule has 1 aromatic carbocycles. The molecule has 0 saturated heterocycles. The van der Waals surface area contributed by atoms with Crippen LogP contribution in [0.2, 0.25) is 0 Å². The van der Waals surface area contributed by atoms with E-state index >= 15 is 0 Å². The Kier molecular flexibility index (Phi) is 5.30. The van der Waals surface area contributed by atoms with E-state index in [1.165, 1.54) is 21.3 Å². The lowest BCUT2D eigenvalue weighted by Crippen LogP contribution is -2.13. The van der Waals surface area contributed by atoms with Crippen molar-refractivity contribution in [1.82, 2.24) is 0 Å². The van der Waals surface area contributed by atoms with E-state index < -0.39 is 11.9 Å². The molecule has 2 aromatic rings. The molecule has 8 heteroatoms. The van der Waals surface area contributed by atoms with Gasteiger partial charge in [0.25, 0.3) is 5.91 Å². The van der Waals surface area contributed by atoms with E-state index in [2.05, 4.69) is 5.32 Å². The predicted molar refractivity (Wildman–Crippen MR) is 92.3 cm³/mol. The molecule has 0 aliphatic rings. The van der Waals surface area contributed by atoms with Gasteiger partial charge in [-0.15, -0.1) is 11.3 Å². The summed E-state index contributed by atoms with van der Waals surface area (Å²) in [6.45, 7) is 1.65. The van der Waals surface area contributed by atoms with Crippen LogP contribution in [0.25, 0.3) is 0 Å². The Balaban J connectivity index is 2.36. The number of thiophene rings is 1. The molecule has 0 aliphatic carbocycles. The smallest absolute Gasteiger partial charge is 0.341 e. The lowest BCUT2D eigenvalue weighted by Gasteiger charge is -2.11. The summed E-state index contributed by atoms with van der Waals surface area (Å²) in [5.74, 6) is 0.0912. The average molecular weight is 350 g/mol. The monoisotopic (exact) mass is 350 g/mol. The summed E-state index contributed by atoms with van der Waals surface area (Å²) in [6.07, 6.45) is 0. The molecule has 0 radical (unpaired) electrons. The van der Waals surface area contributed by atoms with Crippen LogP contribution >= 0.6 is 11.3 Å². The topological polar surface area (TPSA) is 99.9 Å². The third-order valence-corrected chi connectivity index (χ3v) is 4.54. The highest BCUT2D eigenvalue weighted by Crippen LogP contribution is 2.33. The van der Waals surface area contributed by atoms with Crippen molar-refractivity contribution >= 4 is 33.9 Å². The van der Waals surface area contributed by atoms with Crippen LogP contribution in [0.3, 0.4) is 0 Å². The summed E-state index contributed by atoms with van der Waals surface area (Å²) in [4.78, 5) is 24.7. The number of nitrogen functional groups attached to an aromatic ring is 1. The van der Waals surface area contributed by atoms with Gasteiger partial charge in [-0.05, 0) is 24.6 Å². The number of rotatable bonds is 5. The molecule has 0 unspecified atom stereocenters. The number of methoxy groups -OCH3 is 3. The van der Waals surface area contributed by atoms with Gasteiger partial charge in [0.15, 0.2) is 0 Å². The fraction of sp³-hybridized carbons (Fsp3) is 0.250. The Morgan fingerprint density at radius 3 is 2.46 bits per heavy atom. The zero-order valence-electron chi connectivity index (χ0n) is 13.8. The number of carbonyl (C=O) groups excluding carboxylic acids is 2. The van der Waals surface area contributed by atoms with E-state index in [0.717, 1.165) is 11.3 Å². The molecule has 1 heterocycles. The summed E-state index contributed by atoms with van der Waals surface area (Å²) in [7, 11) is 4.29. The van der Waals surface area contributed by atoms with Crippen LogP contribution in [0.5, 0.6) is 11.5 Å². The maximum Gasteiger partial charge on any atom is 0.341 e. The van der Waals surface area contributed by atoms with Crippen molar-refractivity contribution in [3.63, 3.8) is 0 Å². The maximum atomic E-state index is 12.6. The number of nitrogens with two attached hydrogens (primary N) is 1. The average Bonchev–Trinajstić information content (AvgIpc) is 2.88. The zero-order valence-corrected chi connectivity index (χ0v) is 14.6. The molecule has 0 fully saturated rings. The van der Waals surface area contributed by atoms with Crippen molar-refractivity contribution in [2.45, 2.75) is 6.92 Å². The van der Waals surface area contributed by atoms with E-state index in [1.807, 2.05) is 0 Å². The third kappa shape index (κ3) is 3.28. The molecule has 2 rings (SSSR count). The van der Waals surface area contributed by atoms with Gasteiger partial charge in [0.05, 0.1) is 37.5 Å². The molecule has 128 valence electrons. The van der Waals surface area contributed by atoms with Crippen LogP contribution in [-0.2, 0) is 4.74 Å². The van der Waals surface area contributed by atoms with Crippen molar-refractivity contribution in [3.05, 3.63) is 34.2 Å². The first-order valence-corrected chi connectivity index (χ1v) is 7.75. The standard InChI is InChI=1S/C16H18N2O5S/c1-8-12(16(20)23-4)14(17)24-13(8)15(19)18-10-7-9(21-2)5-6-11(10)22-3/h5-7H,17H2,1-4H3,(H,18,19). The van der Waals surface area contributed by atoms with Gasteiger partial charge in [0.1, 0.15) is 16.5 Å². The molecule has 0 saturated carbocycles. The van der Waals surface area contributed by atoms with Crippen molar-refractivity contribution < 1.29 is 23.8 Å². The predicted octanol–water partition coefficient (Wildman–Crippen LogP) is 2.69. The molecule has 24 heavy (non-hydrogen) atoms. The molecule has 7 nitrogen and oxygen atoms in total. The first-order chi connectivity index (χ1) is 11.4. The highest BCUT2D eigenvalue weighted by atomic mass is 32.1. The number of benzene rings is 1.